The number of nitro benzene ring substituents is 1. The summed E-state index contributed by atoms with van der Waals surface area (Å²) < 4.78 is 17.3. The molecule has 0 aliphatic carbocycles. The number of methoxy groups -OCH3 is 2. The van der Waals surface area contributed by atoms with Gasteiger partial charge in [-0.3, -0.25) is 14.9 Å². The predicted octanol–water partition coefficient (Wildman–Crippen LogP) is 3.45. The molecule has 1 heterocycles. The standard InChI is InChI=1S/C19H18N4O6/c1-27-12-22-8-7-16(21-22)19(24)20-13-9-14(23(25)26)11-15(10-13)29-18-6-4-3-5-17(18)28-2/h3-11H,12H2,1-2H3,(H,20,24). The van der Waals surface area contributed by atoms with E-state index in [1.165, 1.54) is 43.2 Å². The number of ether oxygens (including phenoxy) is 3. The van der Waals surface area contributed by atoms with Gasteiger partial charge < -0.3 is 19.5 Å². The topological polar surface area (TPSA) is 118 Å². The van der Waals surface area contributed by atoms with Gasteiger partial charge in [-0.15, -0.1) is 0 Å². The van der Waals surface area contributed by atoms with Gasteiger partial charge in [-0.05, 0) is 18.2 Å². The number of carbonyl (C=O) groups is 1. The monoisotopic (exact) mass is 398 g/mol. The van der Waals surface area contributed by atoms with Crippen LogP contribution in [0.3, 0.4) is 0 Å². The molecule has 1 aromatic heterocycles. The van der Waals surface area contributed by atoms with Crippen molar-refractivity contribution in [3.05, 3.63) is 70.5 Å². The Hall–Kier alpha value is -3.92. The lowest BCUT2D eigenvalue weighted by Gasteiger charge is -2.11. The molecule has 150 valence electrons. The number of non-ortho nitro benzene ring substituents is 1. The van der Waals surface area contributed by atoms with Crippen molar-refractivity contribution in [2.24, 2.45) is 0 Å². The van der Waals surface area contributed by atoms with E-state index in [0.717, 1.165) is 0 Å². The summed E-state index contributed by atoms with van der Waals surface area (Å²) in [4.78, 5) is 23.1. The first-order valence-corrected chi connectivity index (χ1v) is 8.44. The Morgan fingerprint density at radius 3 is 2.62 bits per heavy atom. The lowest BCUT2D eigenvalue weighted by Crippen LogP contribution is -2.14. The number of aromatic nitrogens is 2. The molecule has 0 atom stereocenters. The van der Waals surface area contributed by atoms with Crippen LogP contribution in [0, 0.1) is 10.1 Å². The maximum absolute atomic E-state index is 12.4. The fourth-order valence-electron chi connectivity index (χ4n) is 2.53. The van der Waals surface area contributed by atoms with Crippen LogP contribution in [0.15, 0.2) is 54.7 Å². The van der Waals surface area contributed by atoms with Crippen molar-refractivity contribution in [3.63, 3.8) is 0 Å². The van der Waals surface area contributed by atoms with E-state index >= 15 is 0 Å². The molecule has 0 spiro atoms. The zero-order valence-corrected chi connectivity index (χ0v) is 15.7. The van der Waals surface area contributed by atoms with Crippen LogP contribution in [0.25, 0.3) is 0 Å². The molecule has 3 rings (SSSR count). The van der Waals surface area contributed by atoms with Crippen molar-refractivity contribution < 1.29 is 23.9 Å². The first kappa shape index (κ1) is 19.8. The fourth-order valence-corrected chi connectivity index (χ4v) is 2.53. The van der Waals surface area contributed by atoms with Crippen LogP contribution in [0.2, 0.25) is 0 Å². The average molecular weight is 398 g/mol. The minimum absolute atomic E-state index is 0.140. The van der Waals surface area contributed by atoms with Gasteiger partial charge in [0.25, 0.3) is 11.6 Å². The number of benzene rings is 2. The first-order valence-electron chi connectivity index (χ1n) is 8.44. The normalized spacial score (nSPS) is 10.4. The molecule has 0 aliphatic heterocycles. The van der Waals surface area contributed by atoms with Gasteiger partial charge in [-0.25, -0.2) is 4.68 Å². The smallest absolute Gasteiger partial charge is 0.276 e. The summed E-state index contributed by atoms with van der Waals surface area (Å²) in [6.45, 7) is 0.195. The molecule has 0 radical (unpaired) electrons. The van der Waals surface area contributed by atoms with Gasteiger partial charge in [-0.2, -0.15) is 5.10 Å². The van der Waals surface area contributed by atoms with Gasteiger partial charge >= 0.3 is 0 Å². The van der Waals surface area contributed by atoms with Crippen molar-refractivity contribution in [2.75, 3.05) is 19.5 Å². The number of nitrogens with one attached hydrogen (secondary N) is 1. The van der Waals surface area contributed by atoms with Crippen LogP contribution in [0.1, 0.15) is 10.5 Å². The number of anilines is 1. The third-order valence-corrected chi connectivity index (χ3v) is 3.79. The summed E-state index contributed by atoms with van der Waals surface area (Å²) in [6, 6.07) is 12.4. The zero-order chi connectivity index (χ0) is 20.8. The lowest BCUT2D eigenvalue weighted by molar-refractivity contribution is -0.384. The highest BCUT2D eigenvalue weighted by atomic mass is 16.6. The maximum Gasteiger partial charge on any atom is 0.276 e. The van der Waals surface area contributed by atoms with Crippen LogP contribution in [0.4, 0.5) is 11.4 Å². The lowest BCUT2D eigenvalue weighted by atomic mass is 10.2. The summed E-state index contributed by atoms with van der Waals surface area (Å²) in [7, 11) is 3.00. The molecular weight excluding hydrogens is 380 g/mol. The minimum Gasteiger partial charge on any atom is -0.493 e. The third-order valence-electron chi connectivity index (χ3n) is 3.79. The van der Waals surface area contributed by atoms with Crippen LogP contribution in [0.5, 0.6) is 17.2 Å². The SMILES string of the molecule is COCn1ccc(C(=O)Nc2cc(Oc3ccccc3OC)cc([N+](=O)[O-])c2)n1. The number of carbonyl (C=O) groups excluding carboxylic acids is 1. The molecule has 0 fully saturated rings. The maximum atomic E-state index is 12.4. The number of hydrogen-bond donors (Lipinski definition) is 1. The average Bonchev–Trinajstić information content (AvgIpc) is 3.17. The van der Waals surface area contributed by atoms with Gasteiger partial charge in [0.1, 0.15) is 12.5 Å². The van der Waals surface area contributed by atoms with Crippen molar-refractivity contribution in [3.8, 4) is 17.2 Å². The van der Waals surface area contributed by atoms with Crippen LogP contribution in [-0.4, -0.2) is 34.8 Å². The van der Waals surface area contributed by atoms with E-state index in [2.05, 4.69) is 10.4 Å². The van der Waals surface area contributed by atoms with Crippen molar-refractivity contribution >= 4 is 17.3 Å². The minimum atomic E-state index is -0.571. The third kappa shape index (κ3) is 4.87. The molecule has 1 amide bonds. The highest BCUT2D eigenvalue weighted by molar-refractivity contribution is 6.03. The molecule has 0 aliphatic rings. The van der Waals surface area contributed by atoms with Gasteiger partial charge in [0.2, 0.25) is 0 Å². The van der Waals surface area contributed by atoms with Crippen LogP contribution < -0.4 is 14.8 Å². The molecule has 0 saturated carbocycles. The molecule has 0 saturated heterocycles. The number of para-hydroxylation sites is 2. The van der Waals surface area contributed by atoms with Gasteiger partial charge in [0, 0.05) is 25.4 Å². The summed E-state index contributed by atoms with van der Waals surface area (Å²) >= 11 is 0. The summed E-state index contributed by atoms with van der Waals surface area (Å²) in [6.07, 6.45) is 1.59. The Morgan fingerprint density at radius 2 is 1.93 bits per heavy atom. The second-order valence-electron chi connectivity index (χ2n) is 5.84. The van der Waals surface area contributed by atoms with E-state index in [4.69, 9.17) is 14.2 Å². The molecule has 10 heteroatoms. The van der Waals surface area contributed by atoms with Gasteiger partial charge in [0.15, 0.2) is 17.2 Å². The second kappa shape index (κ2) is 8.85. The quantitative estimate of drug-likeness (QED) is 0.456. The van der Waals surface area contributed by atoms with E-state index < -0.39 is 10.8 Å². The Bertz CT molecular complexity index is 1030. The van der Waals surface area contributed by atoms with E-state index in [1.807, 2.05) is 0 Å². The van der Waals surface area contributed by atoms with E-state index in [0.29, 0.717) is 11.5 Å². The summed E-state index contributed by atoms with van der Waals surface area (Å²) in [5.41, 5.74) is 0.0914. The zero-order valence-electron chi connectivity index (χ0n) is 15.7. The Labute approximate surface area is 165 Å². The number of hydrogen-bond acceptors (Lipinski definition) is 7. The second-order valence-corrected chi connectivity index (χ2v) is 5.84. The van der Waals surface area contributed by atoms with Crippen molar-refractivity contribution in [2.45, 2.75) is 6.73 Å². The number of rotatable bonds is 8. The summed E-state index contributed by atoms with van der Waals surface area (Å²) in [5.74, 6) is 0.492. The molecule has 2 aromatic carbocycles. The number of nitrogens with zero attached hydrogens (tertiary/aromatic N) is 3. The van der Waals surface area contributed by atoms with Crippen LogP contribution in [-0.2, 0) is 11.5 Å². The highest BCUT2D eigenvalue weighted by Crippen LogP contribution is 2.34. The molecule has 0 bridgehead atoms. The predicted molar refractivity (Wildman–Crippen MR) is 103 cm³/mol. The van der Waals surface area contributed by atoms with E-state index in [-0.39, 0.29) is 29.5 Å². The molecule has 1 N–H and O–H groups in total. The molecule has 3 aromatic rings. The molecular formula is C19H18N4O6. The fraction of sp³-hybridized carbons (Fsp3) is 0.158. The van der Waals surface area contributed by atoms with E-state index in [1.54, 1.807) is 30.5 Å². The molecule has 10 nitrogen and oxygen atoms in total. The van der Waals surface area contributed by atoms with Gasteiger partial charge in [-0.1, -0.05) is 12.1 Å². The highest BCUT2D eigenvalue weighted by Gasteiger charge is 2.16. The largest absolute Gasteiger partial charge is 0.493 e. The summed E-state index contributed by atoms with van der Waals surface area (Å²) in [5, 5.41) is 18.0. The van der Waals surface area contributed by atoms with E-state index in [9.17, 15) is 14.9 Å². The van der Waals surface area contributed by atoms with Crippen LogP contribution >= 0.6 is 0 Å². The Morgan fingerprint density at radius 1 is 1.17 bits per heavy atom. The van der Waals surface area contributed by atoms with Crippen molar-refractivity contribution in [1.82, 2.24) is 9.78 Å². The first-order chi connectivity index (χ1) is 14.0. The molecule has 29 heavy (non-hydrogen) atoms. The Kier molecular flexibility index (Phi) is 6.05. The number of amides is 1. The van der Waals surface area contributed by atoms with Crippen molar-refractivity contribution in [1.29, 1.82) is 0 Å². The molecule has 0 unspecified atom stereocenters. The number of nitro groups is 1. The Balaban J connectivity index is 1.86. The van der Waals surface area contributed by atoms with Gasteiger partial charge in [0.05, 0.1) is 23.8 Å².